The van der Waals surface area contributed by atoms with E-state index in [-0.39, 0.29) is 12.4 Å². The van der Waals surface area contributed by atoms with E-state index in [1.165, 1.54) is 23.5 Å². The van der Waals surface area contributed by atoms with Crippen molar-refractivity contribution in [1.82, 2.24) is 9.78 Å². The average molecular weight is 391 g/mol. The highest BCUT2D eigenvalue weighted by atomic mass is 32.1. The number of aryl methyl sites for hydroxylation is 1. The van der Waals surface area contributed by atoms with E-state index < -0.39 is 5.97 Å². The van der Waals surface area contributed by atoms with Crippen LogP contribution >= 0.6 is 11.3 Å². The molecule has 0 saturated carbocycles. The Labute approximate surface area is 164 Å². The molecule has 4 aromatic rings. The van der Waals surface area contributed by atoms with E-state index in [1.54, 1.807) is 47.1 Å². The van der Waals surface area contributed by atoms with Crippen molar-refractivity contribution >= 4 is 27.5 Å². The Morgan fingerprint density at radius 2 is 2.04 bits per heavy atom. The first-order valence-electron chi connectivity index (χ1n) is 8.46. The number of ether oxygens (including phenoxy) is 1. The van der Waals surface area contributed by atoms with Gasteiger partial charge in [-0.1, -0.05) is 12.1 Å². The van der Waals surface area contributed by atoms with E-state index in [0.29, 0.717) is 10.4 Å². The molecular weight excluding hydrogens is 377 g/mol. The molecular formula is C21H14FN3O2S. The Bertz CT molecular complexity index is 1220. The summed E-state index contributed by atoms with van der Waals surface area (Å²) in [6.07, 6.45) is 0. The van der Waals surface area contributed by atoms with Crippen LogP contribution in [0.4, 0.5) is 4.39 Å². The molecule has 0 saturated heterocycles. The van der Waals surface area contributed by atoms with Crippen LogP contribution in [0.25, 0.3) is 15.9 Å². The normalized spacial score (nSPS) is 10.8. The summed E-state index contributed by atoms with van der Waals surface area (Å²) in [5, 5.41) is 14.3. The number of fused-ring (bicyclic) bond motifs is 1. The number of nitrogens with zero attached hydrogens (tertiary/aromatic N) is 3. The molecule has 2 aromatic carbocycles. The van der Waals surface area contributed by atoms with Crippen molar-refractivity contribution in [2.45, 2.75) is 13.5 Å². The predicted molar refractivity (Wildman–Crippen MR) is 104 cm³/mol. The minimum absolute atomic E-state index is 0.0890. The van der Waals surface area contributed by atoms with Gasteiger partial charge in [0.2, 0.25) is 0 Å². The van der Waals surface area contributed by atoms with E-state index in [2.05, 4.69) is 11.2 Å². The van der Waals surface area contributed by atoms with Gasteiger partial charge >= 0.3 is 5.97 Å². The van der Waals surface area contributed by atoms with Gasteiger partial charge in [-0.3, -0.25) is 0 Å². The Hall–Kier alpha value is -3.50. The molecule has 138 valence electrons. The average Bonchev–Trinajstić information content (AvgIpc) is 3.28. The molecule has 2 aromatic heterocycles. The van der Waals surface area contributed by atoms with Crippen molar-refractivity contribution in [1.29, 1.82) is 5.26 Å². The Balaban J connectivity index is 1.59. The van der Waals surface area contributed by atoms with Gasteiger partial charge in [-0.15, -0.1) is 11.3 Å². The van der Waals surface area contributed by atoms with Crippen LogP contribution in [0.5, 0.6) is 0 Å². The van der Waals surface area contributed by atoms with Crippen molar-refractivity contribution < 1.29 is 13.9 Å². The summed E-state index contributed by atoms with van der Waals surface area (Å²) < 4.78 is 20.3. The monoisotopic (exact) mass is 391 g/mol. The fourth-order valence-electron chi connectivity index (χ4n) is 2.86. The molecule has 0 radical (unpaired) electrons. The van der Waals surface area contributed by atoms with E-state index >= 15 is 0 Å². The van der Waals surface area contributed by atoms with Gasteiger partial charge in [0.1, 0.15) is 22.1 Å². The lowest BCUT2D eigenvalue weighted by molar-refractivity contribution is 0.0478. The number of benzene rings is 2. The van der Waals surface area contributed by atoms with Crippen LogP contribution in [0.1, 0.15) is 26.5 Å². The maximum atomic E-state index is 13.2. The molecule has 0 aliphatic carbocycles. The number of carbonyl (C=O) groups is 1. The molecule has 0 unspecified atom stereocenters. The highest BCUT2D eigenvalue weighted by Crippen LogP contribution is 2.31. The fourth-order valence-corrected chi connectivity index (χ4v) is 3.93. The zero-order valence-corrected chi connectivity index (χ0v) is 15.7. The Morgan fingerprint density at radius 1 is 1.25 bits per heavy atom. The first-order chi connectivity index (χ1) is 13.5. The maximum absolute atomic E-state index is 13.2. The minimum Gasteiger partial charge on any atom is -0.457 e. The molecule has 0 N–H and O–H groups in total. The molecule has 0 aliphatic rings. The van der Waals surface area contributed by atoms with Crippen LogP contribution in [-0.2, 0) is 11.3 Å². The van der Waals surface area contributed by atoms with E-state index in [1.807, 2.05) is 6.92 Å². The smallest absolute Gasteiger partial charge is 0.348 e. The second-order valence-corrected chi connectivity index (χ2v) is 7.22. The predicted octanol–water partition coefficient (Wildman–Crippen LogP) is 4.76. The van der Waals surface area contributed by atoms with Gasteiger partial charge in [0.15, 0.2) is 0 Å². The first kappa shape index (κ1) is 17.9. The van der Waals surface area contributed by atoms with Crippen LogP contribution in [0.2, 0.25) is 0 Å². The van der Waals surface area contributed by atoms with Crippen molar-refractivity contribution in [2.24, 2.45) is 0 Å². The van der Waals surface area contributed by atoms with E-state index in [0.717, 1.165) is 27.2 Å². The summed E-state index contributed by atoms with van der Waals surface area (Å²) in [6.45, 7) is 1.95. The lowest BCUT2D eigenvalue weighted by atomic mass is 10.1. The van der Waals surface area contributed by atoms with Crippen molar-refractivity contribution in [3.63, 3.8) is 0 Å². The number of carbonyl (C=O) groups excluding carboxylic acids is 1. The molecule has 28 heavy (non-hydrogen) atoms. The second-order valence-electron chi connectivity index (χ2n) is 6.19. The number of hydrogen-bond acceptors (Lipinski definition) is 5. The molecule has 0 atom stereocenters. The molecule has 0 amide bonds. The van der Waals surface area contributed by atoms with Crippen molar-refractivity contribution in [3.8, 4) is 11.8 Å². The zero-order valence-electron chi connectivity index (χ0n) is 14.8. The largest absolute Gasteiger partial charge is 0.457 e. The number of thiophene rings is 1. The summed E-state index contributed by atoms with van der Waals surface area (Å²) >= 11 is 1.27. The van der Waals surface area contributed by atoms with Gasteiger partial charge in [-0.25, -0.2) is 13.9 Å². The van der Waals surface area contributed by atoms with Gasteiger partial charge in [0, 0.05) is 5.39 Å². The number of halogens is 1. The molecule has 0 bridgehead atoms. The quantitative estimate of drug-likeness (QED) is 0.470. The Morgan fingerprint density at radius 3 is 2.79 bits per heavy atom. The van der Waals surface area contributed by atoms with Gasteiger partial charge in [0.05, 0.1) is 23.0 Å². The fraction of sp³-hybridized carbons (Fsp3) is 0.0952. The van der Waals surface area contributed by atoms with E-state index in [4.69, 9.17) is 10.00 Å². The van der Waals surface area contributed by atoms with E-state index in [9.17, 15) is 9.18 Å². The van der Waals surface area contributed by atoms with Gasteiger partial charge in [-0.2, -0.15) is 10.4 Å². The summed E-state index contributed by atoms with van der Waals surface area (Å²) in [4.78, 5) is 13.7. The summed E-state index contributed by atoms with van der Waals surface area (Å²) in [6, 6.07) is 16.8. The number of esters is 1. The minimum atomic E-state index is -0.436. The highest BCUT2D eigenvalue weighted by Gasteiger charge is 2.18. The van der Waals surface area contributed by atoms with Gasteiger partial charge in [-0.05, 0) is 55.0 Å². The van der Waals surface area contributed by atoms with Crippen molar-refractivity contribution in [3.05, 3.63) is 82.1 Å². The topological polar surface area (TPSA) is 67.9 Å². The first-order valence-corrected chi connectivity index (χ1v) is 9.28. The van der Waals surface area contributed by atoms with Gasteiger partial charge in [0.25, 0.3) is 0 Å². The zero-order chi connectivity index (χ0) is 19.7. The molecule has 0 aliphatic heterocycles. The molecule has 2 heterocycles. The summed E-state index contributed by atoms with van der Waals surface area (Å²) in [7, 11) is 0. The lowest BCUT2D eigenvalue weighted by Crippen LogP contribution is -2.03. The second kappa shape index (κ2) is 7.25. The maximum Gasteiger partial charge on any atom is 0.348 e. The van der Waals surface area contributed by atoms with Crippen LogP contribution in [0.3, 0.4) is 0 Å². The standard InChI is InChI=1S/C21H14FN3O2S/c1-13-18-10-19(21(26)27-12-15-4-2-3-14(9-15)11-23)28-20(18)25(24-13)17-7-5-16(22)6-8-17/h2-10H,12H2,1H3. The SMILES string of the molecule is Cc1nn(-c2ccc(F)cc2)c2sc(C(=O)OCc3cccc(C#N)c3)cc12. The molecule has 4 rings (SSSR count). The molecule has 7 heteroatoms. The molecule has 0 spiro atoms. The third kappa shape index (κ3) is 3.38. The van der Waals surface area contributed by atoms with Gasteiger partial charge < -0.3 is 4.74 Å². The number of rotatable bonds is 4. The van der Waals surface area contributed by atoms with Crippen LogP contribution < -0.4 is 0 Å². The number of aromatic nitrogens is 2. The third-order valence-corrected chi connectivity index (χ3v) is 5.33. The number of hydrogen-bond donors (Lipinski definition) is 0. The van der Waals surface area contributed by atoms with Crippen LogP contribution in [0, 0.1) is 24.1 Å². The Kier molecular flexibility index (Phi) is 4.63. The van der Waals surface area contributed by atoms with Crippen molar-refractivity contribution in [2.75, 3.05) is 0 Å². The number of nitriles is 1. The lowest BCUT2D eigenvalue weighted by Gasteiger charge is -2.04. The van der Waals surface area contributed by atoms with Crippen LogP contribution in [-0.4, -0.2) is 15.7 Å². The molecule has 5 nitrogen and oxygen atoms in total. The molecule has 0 fully saturated rings. The summed E-state index contributed by atoms with van der Waals surface area (Å²) in [5.41, 5.74) is 2.76. The third-order valence-electron chi connectivity index (χ3n) is 4.24. The highest BCUT2D eigenvalue weighted by molar-refractivity contribution is 7.20. The summed E-state index contributed by atoms with van der Waals surface area (Å²) in [5.74, 6) is -0.756. The van der Waals surface area contributed by atoms with Crippen LogP contribution in [0.15, 0.2) is 54.6 Å².